The van der Waals surface area contributed by atoms with Gasteiger partial charge < -0.3 is 19.9 Å². The number of hydrogen-bond donors (Lipinski definition) is 2. The quantitative estimate of drug-likeness (QED) is 0.845. The van der Waals surface area contributed by atoms with Gasteiger partial charge in [-0.2, -0.15) is 0 Å². The highest BCUT2D eigenvalue weighted by Gasteiger charge is 2.16. The lowest BCUT2D eigenvalue weighted by atomic mass is 10.1. The van der Waals surface area contributed by atoms with Crippen LogP contribution in [0, 0.1) is 0 Å². The number of nitrogens with one attached hydrogen (secondary N) is 1. The van der Waals surface area contributed by atoms with Crippen molar-refractivity contribution in [3.05, 3.63) is 22.2 Å². The van der Waals surface area contributed by atoms with E-state index in [2.05, 4.69) is 21.2 Å². The van der Waals surface area contributed by atoms with Crippen molar-refractivity contribution in [2.75, 3.05) is 27.3 Å². The van der Waals surface area contributed by atoms with Crippen LogP contribution < -0.4 is 14.8 Å². The lowest BCUT2D eigenvalue weighted by molar-refractivity contribution is 0.171. The zero-order chi connectivity index (χ0) is 12.8. The third kappa shape index (κ3) is 3.59. The first-order valence-electron chi connectivity index (χ1n) is 5.46. The molecule has 0 amide bonds. The maximum absolute atomic E-state index is 10.0. The molecule has 4 nitrogen and oxygen atoms in total. The van der Waals surface area contributed by atoms with E-state index in [1.165, 1.54) is 0 Å². The fraction of sp³-hybridized carbons (Fsp3) is 0.500. The van der Waals surface area contributed by atoms with E-state index in [1.807, 2.05) is 13.0 Å². The minimum Gasteiger partial charge on any atom is -0.495 e. The zero-order valence-electron chi connectivity index (χ0n) is 10.3. The van der Waals surface area contributed by atoms with Crippen molar-refractivity contribution >= 4 is 15.9 Å². The molecule has 0 aliphatic heterocycles. The molecule has 0 heterocycles. The zero-order valence-corrected chi connectivity index (χ0v) is 11.9. The van der Waals surface area contributed by atoms with Gasteiger partial charge in [0.05, 0.1) is 24.3 Å². The van der Waals surface area contributed by atoms with Crippen molar-refractivity contribution < 1.29 is 14.6 Å². The van der Waals surface area contributed by atoms with E-state index in [9.17, 15) is 5.11 Å². The second-order valence-corrected chi connectivity index (χ2v) is 4.39. The minimum absolute atomic E-state index is 0.471. The Labute approximate surface area is 110 Å². The summed E-state index contributed by atoms with van der Waals surface area (Å²) in [5.41, 5.74) is 0.744. The number of rotatable bonds is 6. The number of benzene rings is 1. The highest BCUT2D eigenvalue weighted by Crippen LogP contribution is 2.35. The highest BCUT2D eigenvalue weighted by atomic mass is 79.9. The molecule has 1 aromatic carbocycles. The second kappa shape index (κ2) is 6.83. The Morgan fingerprint density at radius 2 is 2.12 bits per heavy atom. The van der Waals surface area contributed by atoms with Crippen LogP contribution in [-0.2, 0) is 0 Å². The Bertz CT molecular complexity index is 371. The normalized spacial score (nSPS) is 12.3. The molecule has 1 unspecified atom stereocenters. The number of aliphatic hydroxyl groups excluding tert-OH is 1. The van der Waals surface area contributed by atoms with Gasteiger partial charge in [0.25, 0.3) is 0 Å². The molecule has 0 aliphatic rings. The van der Waals surface area contributed by atoms with Crippen LogP contribution >= 0.6 is 15.9 Å². The van der Waals surface area contributed by atoms with Crippen molar-refractivity contribution in [3.8, 4) is 11.5 Å². The predicted octanol–water partition coefficient (Wildman–Crippen LogP) is 2.11. The number of methoxy groups -OCH3 is 1. The van der Waals surface area contributed by atoms with Crippen LogP contribution in [0.2, 0.25) is 0 Å². The average molecular weight is 304 g/mol. The summed E-state index contributed by atoms with van der Waals surface area (Å²) in [7, 11) is 3.39. The lowest BCUT2D eigenvalue weighted by Gasteiger charge is -2.17. The van der Waals surface area contributed by atoms with Gasteiger partial charge in [0.15, 0.2) is 0 Å². The molecule has 0 fully saturated rings. The summed E-state index contributed by atoms with van der Waals surface area (Å²) >= 11 is 3.40. The molecule has 0 saturated carbocycles. The number of likely N-dealkylation sites (N-methyl/N-ethyl adjacent to an activating group) is 1. The maximum atomic E-state index is 10.0. The first kappa shape index (κ1) is 14.3. The van der Waals surface area contributed by atoms with Crippen molar-refractivity contribution in [3.63, 3.8) is 0 Å². The van der Waals surface area contributed by atoms with Crippen LogP contribution in [0.5, 0.6) is 11.5 Å². The predicted molar refractivity (Wildman–Crippen MR) is 70.7 cm³/mol. The van der Waals surface area contributed by atoms with Crippen molar-refractivity contribution in [2.45, 2.75) is 13.0 Å². The summed E-state index contributed by atoms with van der Waals surface area (Å²) in [5.74, 6) is 1.34. The smallest absolute Gasteiger partial charge is 0.136 e. The van der Waals surface area contributed by atoms with Crippen LogP contribution in [0.1, 0.15) is 18.6 Å². The molecule has 0 aliphatic carbocycles. The number of hydrogen-bond acceptors (Lipinski definition) is 4. The standard InChI is InChI=1S/C12H18BrNO3/c1-4-17-11-6-12(16-3)9(13)5-8(11)10(15)7-14-2/h5-6,10,14-15H,4,7H2,1-3H3. The molecule has 0 radical (unpaired) electrons. The Kier molecular flexibility index (Phi) is 5.74. The first-order valence-corrected chi connectivity index (χ1v) is 6.26. The van der Waals surface area contributed by atoms with Crippen LogP contribution in [0.3, 0.4) is 0 Å². The topological polar surface area (TPSA) is 50.7 Å². The summed E-state index contributed by atoms with van der Waals surface area (Å²) in [4.78, 5) is 0. The fourth-order valence-electron chi connectivity index (χ4n) is 1.55. The summed E-state index contributed by atoms with van der Waals surface area (Å²) < 4.78 is 11.5. The van der Waals surface area contributed by atoms with E-state index in [0.717, 1.165) is 10.0 Å². The van der Waals surface area contributed by atoms with E-state index in [0.29, 0.717) is 24.7 Å². The fourth-order valence-corrected chi connectivity index (χ4v) is 2.07. The van der Waals surface area contributed by atoms with Gasteiger partial charge in [0.1, 0.15) is 11.5 Å². The van der Waals surface area contributed by atoms with Crippen LogP contribution in [0.15, 0.2) is 16.6 Å². The van der Waals surface area contributed by atoms with Crippen molar-refractivity contribution in [1.82, 2.24) is 5.32 Å². The highest BCUT2D eigenvalue weighted by molar-refractivity contribution is 9.10. The van der Waals surface area contributed by atoms with E-state index >= 15 is 0 Å². The van der Waals surface area contributed by atoms with Crippen molar-refractivity contribution in [2.24, 2.45) is 0 Å². The van der Waals surface area contributed by atoms with E-state index in [4.69, 9.17) is 9.47 Å². The number of aliphatic hydroxyl groups is 1. The summed E-state index contributed by atoms with van der Waals surface area (Å²) in [6.07, 6.45) is -0.608. The van der Waals surface area contributed by atoms with Gasteiger partial charge in [0, 0.05) is 18.2 Å². The molecule has 1 atom stereocenters. The molecular weight excluding hydrogens is 286 g/mol. The van der Waals surface area contributed by atoms with Gasteiger partial charge in [-0.25, -0.2) is 0 Å². The number of ether oxygens (including phenoxy) is 2. The molecule has 1 rings (SSSR count). The number of halogens is 1. The molecule has 5 heteroatoms. The average Bonchev–Trinajstić information content (AvgIpc) is 2.31. The van der Waals surface area contributed by atoms with Gasteiger partial charge in [-0.3, -0.25) is 0 Å². The Morgan fingerprint density at radius 3 is 2.65 bits per heavy atom. The van der Waals surface area contributed by atoms with Gasteiger partial charge in [0.2, 0.25) is 0 Å². The van der Waals surface area contributed by atoms with Gasteiger partial charge in [-0.15, -0.1) is 0 Å². The first-order chi connectivity index (χ1) is 8.13. The van der Waals surface area contributed by atoms with Crippen molar-refractivity contribution in [1.29, 1.82) is 0 Å². The van der Waals surface area contributed by atoms with Gasteiger partial charge in [-0.05, 0) is 36.0 Å². The second-order valence-electron chi connectivity index (χ2n) is 3.53. The van der Waals surface area contributed by atoms with Crippen LogP contribution in [0.25, 0.3) is 0 Å². The third-order valence-electron chi connectivity index (χ3n) is 2.34. The molecule has 0 bridgehead atoms. The largest absolute Gasteiger partial charge is 0.495 e. The Hall–Kier alpha value is -0.780. The molecule has 0 aromatic heterocycles. The Morgan fingerprint density at radius 1 is 1.41 bits per heavy atom. The van der Waals surface area contributed by atoms with Gasteiger partial charge in [-0.1, -0.05) is 0 Å². The monoisotopic (exact) mass is 303 g/mol. The van der Waals surface area contributed by atoms with Crippen LogP contribution in [-0.4, -0.2) is 32.4 Å². The van der Waals surface area contributed by atoms with Gasteiger partial charge >= 0.3 is 0 Å². The summed E-state index contributed by atoms with van der Waals surface area (Å²) in [5, 5.41) is 12.9. The molecule has 2 N–H and O–H groups in total. The molecular formula is C12H18BrNO3. The van der Waals surface area contributed by atoms with E-state index in [-0.39, 0.29) is 0 Å². The molecule has 1 aromatic rings. The molecule has 0 spiro atoms. The lowest BCUT2D eigenvalue weighted by Crippen LogP contribution is -2.17. The summed E-state index contributed by atoms with van der Waals surface area (Å²) in [6.45, 7) is 2.92. The minimum atomic E-state index is -0.608. The SMILES string of the molecule is CCOc1cc(OC)c(Br)cc1C(O)CNC. The Balaban J connectivity index is 3.12. The van der Waals surface area contributed by atoms with Crippen LogP contribution in [0.4, 0.5) is 0 Å². The molecule has 96 valence electrons. The maximum Gasteiger partial charge on any atom is 0.136 e. The summed E-state index contributed by atoms with van der Waals surface area (Å²) in [6, 6.07) is 3.60. The van der Waals surface area contributed by atoms with E-state index in [1.54, 1.807) is 20.2 Å². The molecule has 17 heavy (non-hydrogen) atoms. The molecule has 0 saturated heterocycles. The van der Waals surface area contributed by atoms with E-state index < -0.39 is 6.10 Å². The third-order valence-corrected chi connectivity index (χ3v) is 2.96.